The van der Waals surface area contributed by atoms with Crippen LogP contribution in [0.3, 0.4) is 0 Å². The zero-order valence-electron chi connectivity index (χ0n) is 17.2. The van der Waals surface area contributed by atoms with Crippen LogP contribution in [0.15, 0.2) is 53.4 Å². The largest absolute Gasteiger partial charge is 0.800 e. The van der Waals surface area contributed by atoms with Crippen LogP contribution in [0.5, 0.6) is 0 Å². The van der Waals surface area contributed by atoms with Gasteiger partial charge in [-0.25, -0.2) is 13.1 Å². The van der Waals surface area contributed by atoms with E-state index in [0.717, 1.165) is 37.6 Å². The van der Waals surface area contributed by atoms with Crippen molar-refractivity contribution >= 4 is 52.3 Å². The van der Waals surface area contributed by atoms with Crippen LogP contribution in [-0.4, -0.2) is 65.3 Å². The Bertz CT molecular complexity index is 922. The summed E-state index contributed by atoms with van der Waals surface area (Å²) in [5.74, 6) is 0. The first-order valence-electron chi connectivity index (χ1n) is 9.37. The molecule has 1 fully saturated rings. The molecule has 30 heavy (non-hydrogen) atoms. The van der Waals surface area contributed by atoms with Gasteiger partial charge in [-0.1, -0.05) is 12.1 Å². The summed E-state index contributed by atoms with van der Waals surface area (Å²) in [5, 5.41) is 0. The molecule has 2 aromatic rings. The third-order valence-corrected chi connectivity index (χ3v) is 6.88. The van der Waals surface area contributed by atoms with Crippen LogP contribution in [0.4, 0.5) is 17.1 Å². The van der Waals surface area contributed by atoms with Crippen molar-refractivity contribution in [1.29, 1.82) is 0 Å². The third-order valence-electron chi connectivity index (χ3n) is 4.96. The fourth-order valence-electron chi connectivity index (χ4n) is 3.17. The maximum atomic E-state index is 12.7. The van der Waals surface area contributed by atoms with Gasteiger partial charge in [-0.3, -0.25) is 4.48 Å². The zero-order valence-corrected chi connectivity index (χ0v) is 21.8. The van der Waals surface area contributed by atoms with Crippen molar-refractivity contribution < 1.29 is 30.8 Å². The van der Waals surface area contributed by atoms with Gasteiger partial charge in [-0.15, -0.1) is 5.69 Å². The molecule has 0 atom stereocenters. The summed E-state index contributed by atoms with van der Waals surface area (Å²) in [7, 11) is 2.39. The second-order valence-electron chi connectivity index (χ2n) is 7.92. The molecule has 1 aliphatic heterocycles. The Morgan fingerprint density at radius 1 is 0.900 bits per heavy atom. The topological polar surface area (TPSA) is 54.7 Å². The summed E-state index contributed by atoms with van der Waals surface area (Å²) < 4.78 is 29.7. The van der Waals surface area contributed by atoms with Crippen molar-refractivity contribution in [2.24, 2.45) is 0 Å². The second-order valence-corrected chi connectivity index (χ2v) is 10.7. The van der Waals surface area contributed by atoms with Crippen molar-refractivity contribution in [1.82, 2.24) is 9.38 Å². The fourth-order valence-corrected chi connectivity index (χ4v) is 4.58. The molecule has 6 nitrogen and oxygen atoms in total. The molecular formula is C20H26AuN4O2S3-2. The minimum absolute atomic E-state index is 0. The number of piperazine rings is 1. The molecule has 0 spiro atoms. The number of rotatable bonds is 6. The van der Waals surface area contributed by atoms with Crippen molar-refractivity contribution in [3.8, 4) is 0 Å². The molecule has 0 bridgehead atoms. The van der Waals surface area contributed by atoms with Crippen LogP contribution in [0.25, 0.3) is 4.72 Å². The van der Waals surface area contributed by atoms with Gasteiger partial charge in [0.1, 0.15) is 15.7 Å². The molecule has 0 unspecified atom stereocenters. The maximum Gasteiger partial charge on any atom is 0.132 e. The monoisotopic (exact) mass is 647 g/mol. The number of hydrogen-bond donors (Lipinski definition) is 0. The van der Waals surface area contributed by atoms with E-state index in [1.807, 2.05) is 24.3 Å². The van der Waals surface area contributed by atoms with Crippen LogP contribution in [-0.2, 0) is 57.7 Å². The van der Waals surface area contributed by atoms with Gasteiger partial charge in [0.15, 0.2) is 0 Å². The number of nitrogens with zero attached hydrogens (tertiary/aromatic N) is 4. The summed E-state index contributed by atoms with van der Waals surface area (Å²) in [6.07, 6.45) is 0. The van der Waals surface area contributed by atoms with Gasteiger partial charge in [0.2, 0.25) is 0 Å². The molecule has 0 N–H and O–H groups in total. The molecule has 0 aliphatic carbocycles. The van der Waals surface area contributed by atoms with Crippen molar-refractivity contribution in [3.05, 3.63) is 53.3 Å². The molecule has 1 heterocycles. The van der Waals surface area contributed by atoms with E-state index in [2.05, 4.69) is 35.7 Å². The minimum atomic E-state index is -3.76. The normalized spacial score (nSPS) is 15.7. The van der Waals surface area contributed by atoms with E-state index in [1.54, 1.807) is 24.3 Å². The number of hydrogen-bond acceptors (Lipinski definition) is 6. The molecule has 1 saturated heterocycles. The summed E-state index contributed by atoms with van der Waals surface area (Å²) in [5.41, 5.74) is 2.48. The van der Waals surface area contributed by atoms with E-state index >= 15 is 0 Å². The number of anilines is 1. The zero-order chi connectivity index (χ0) is 21.2. The van der Waals surface area contributed by atoms with E-state index in [1.165, 1.54) is 0 Å². The van der Waals surface area contributed by atoms with Crippen molar-refractivity contribution in [2.75, 3.05) is 52.2 Å². The quantitative estimate of drug-likeness (QED) is 0.273. The van der Waals surface area contributed by atoms with Gasteiger partial charge in [-0.05, 0) is 36.4 Å². The second kappa shape index (κ2) is 10.3. The maximum absolute atomic E-state index is 12.7. The molecule has 3 rings (SSSR count). The number of benzene rings is 2. The fraction of sp³-hybridized carbons (Fsp3) is 0.400. The third kappa shape index (κ3) is 6.43. The van der Waals surface area contributed by atoms with Gasteiger partial charge in [-0.2, -0.15) is 0 Å². The van der Waals surface area contributed by atoms with Gasteiger partial charge in [0.05, 0.1) is 26.0 Å². The van der Waals surface area contributed by atoms with Crippen molar-refractivity contribution in [2.45, 2.75) is 9.60 Å². The first kappa shape index (κ1) is 25.6. The Morgan fingerprint density at radius 2 is 1.43 bits per heavy atom. The summed E-state index contributed by atoms with van der Waals surface area (Å²) >= 11 is 10.3. The van der Waals surface area contributed by atoms with Gasteiger partial charge >= 0.3 is 0 Å². The Balaban J connectivity index is 0.00000320. The number of quaternary nitrogens is 1. The van der Waals surface area contributed by atoms with Crippen LogP contribution in [0, 0.1) is 0 Å². The van der Waals surface area contributed by atoms with E-state index < -0.39 is 10.0 Å². The first-order valence-corrected chi connectivity index (χ1v) is 11.8. The Morgan fingerprint density at radius 3 is 1.90 bits per heavy atom. The predicted octanol–water partition coefficient (Wildman–Crippen LogP) is 2.77. The van der Waals surface area contributed by atoms with Gasteiger partial charge < -0.3 is 39.8 Å². The summed E-state index contributed by atoms with van der Waals surface area (Å²) in [6.45, 7) is 3.27. The van der Waals surface area contributed by atoms with Crippen LogP contribution in [0.2, 0.25) is 0 Å². The summed E-state index contributed by atoms with van der Waals surface area (Å²) in [6, 6.07) is 14.1. The molecule has 1 radical (unpaired) electrons. The van der Waals surface area contributed by atoms with Crippen LogP contribution in [0.1, 0.15) is 0 Å². The van der Waals surface area contributed by atoms with E-state index in [4.69, 9.17) is 25.3 Å². The molecule has 169 valence electrons. The van der Waals surface area contributed by atoms with E-state index in [9.17, 15) is 8.42 Å². The molecule has 10 heteroatoms. The molecule has 0 saturated carbocycles. The molecule has 0 aromatic heterocycles. The predicted molar refractivity (Wildman–Crippen MR) is 125 cm³/mol. The standard InChI is InChI=1S/C20H28N4O2S3.Au/c1-24(2,3)18-8-4-16(5-9-18)21-29(25,26)19-10-6-17(7-11-19)22-12-14-23(15-13-22)20(27)28;/h4-11,20,27-28H,12-15H2,1-3H3;/p-2. The van der Waals surface area contributed by atoms with Crippen molar-refractivity contribution in [3.63, 3.8) is 0 Å². The van der Waals surface area contributed by atoms with Crippen LogP contribution >= 0.6 is 0 Å². The van der Waals surface area contributed by atoms with Gasteiger partial charge in [0, 0.05) is 54.2 Å². The Kier molecular flexibility index (Phi) is 8.80. The molecule has 1 aliphatic rings. The average molecular weight is 648 g/mol. The number of sulfonamides is 1. The van der Waals surface area contributed by atoms with E-state index in [0.29, 0.717) is 10.2 Å². The van der Waals surface area contributed by atoms with Crippen LogP contribution < -0.4 is 9.38 Å². The van der Waals surface area contributed by atoms with Gasteiger partial charge in [0.25, 0.3) is 0 Å². The van der Waals surface area contributed by atoms with E-state index in [-0.39, 0.29) is 32.0 Å². The Labute approximate surface area is 206 Å². The molecule has 0 amide bonds. The first-order chi connectivity index (χ1) is 13.6. The molecular weight excluding hydrogens is 621 g/mol. The summed E-state index contributed by atoms with van der Waals surface area (Å²) in [4.78, 5) is 4.48. The smallest absolute Gasteiger partial charge is 0.132 e. The Hall–Kier alpha value is -0.650. The average Bonchev–Trinajstić information content (AvgIpc) is 2.67. The molecule has 2 aromatic carbocycles. The minimum Gasteiger partial charge on any atom is -0.800 e. The SMILES string of the molecule is C[N+](C)(C)c1ccc([N-]S(=O)(=O)c2ccc(N3CCN(C([S-])[S-])CC3)cc2)cc1.[Au].